The molecule has 0 bridgehead atoms. The highest BCUT2D eigenvalue weighted by molar-refractivity contribution is 5.93. The van der Waals surface area contributed by atoms with Crippen molar-refractivity contribution in [1.82, 2.24) is 29.5 Å². The van der Waals surface area contributed by atoms with Gasteiger partial charge in [-0.05, 0) is 43.3 Å². The van der Waals surface area contributed by atoms with Gasteiger partial charge in [0.15, 0.2) is 0 Å². The zero-order valence-corrected chi connectivity index (χ0v) is 16.9. The normalized spacial score (nSPS) is 11.0. The van der Waals surface area contributed by atoms with Crippen LogP contribution in [-0.2, 0) is 6.54 Å². The van der Waals surface area contributed by atoms with Gasteiger partial charge in [0.25, 0.3) is 5.91 Å². The molecular formula is C24H20N6O. The molecule has 0 aliphatic carbocycles. The van der Waals surface area contributed by atoms with Crippen LogP contribution in [-0.4, -0.2) is 30.1 Å². The number of benzene rings is 1. The Hall–Kier alpha value is -4.26. The van der Waals surface area contributed by atoms with Gasteiger partial charge in [0.1, 0.15) is 11.3 Å². The van der Waals surface area contributed by atoms with Crippen molar-refractivity contribution in [2.24, 2.45) is 0 Å². The van der Waals surface area contributed by atoms with E-state index in [2.05, 4.69) is 15.3 Å². The van der Waals surface area contributed by atoms with Gasteiger partial charge in [-0.15, -0.1) is 0 Å². The highest BCUT2D eigenvalue weighted by Crippen LogP contribution is 2.23. The number of nitrogens with zero attached hydrogens (tertiary/aromatic N) is 5. The predicted octanol–water partition coefficient (Wildman–Crippen LogP) is 3.82. The summed E-state index contributed by atoms with van der Waals surface area (Å²) in [6.45, 7) is 2.31. The van der Waals surface area contributed by atoms with Crippen molar-refractivity contribution in [1.29, 1.82) is 0 Å². The molecule has 0 fully saturated rings. The molecule has 152 valence electrons. The summed E-state index contributed by atoms with van der Waals surface area (Å²) in [6.07, 6.45) is 7.17. The van der Waals surface area contributed by atoms with Crippen LogP contribution in [0.15, 0.2) is 85.5 Å². The highest BCUT2D eigenvalue weighted by atomic mass is 16.1. The van der Waals surface area contributed by atoms with E-state index in [0.29, 0.717) is 12.2 Å². The van der Waals surface area contributed by atoms with E-state index in [0.717, 1.165) is 33.8 Å². The third-order valence-electron chi connectivity index (χ3n) is 5.13. The minimum Gasteiger partial charge on any atom is -0.346 e. The first kappa shape index (κ1) is 18.7. The molecule has 0 saturated carbocycles. The van der Waals surface area contributed by atoms with Gasteiger partial charge >= 0.3 is 0 Å². The first-order chi connectivity index (χ1) is 15.2. The summed E-state index contributed by atoms with van der Waals surface area (Å²) in [5.74, 6) is -0.226. The first-order valence-electron chi connectivity index (χ1n) is 9.96. The third-order valence-corrected chi connectivity index (χ3v) is 5.13. The topological polar surface area (TPSA) is 77.1 Å². The van der Waals surface area contributed by atoms with Gasteiger partial charge in [-0.1, -0.05) is 24.3 Å². The number of aromatic nitrogens is 5. The molecule has 0 radical (unpaired) electrons. The molecule has 0 unspecified atom stereocenters. The van der Waals surface area contributed by atoms with Crippen LogP contribution in [0.25, 0.3) is 22.6 Å². The number of imidazole rings is 1. The SMILES string of the molecule is Cc1cccc2nc(C(=O)NCc3cn(-c4ccccc4)nc3-c3ccncc3)cn12. The molecule has 1 N–H and O–H groups in total. The number of hydrogen-bond donors (Lipinski definition) is 1. The van der Waals surface area contributed by atoms with Gasteiger partial charge in [0.05, 0.1) is 11.4 Å². The number of amides is 1. The van der Waals surface area contributed by atoms with Crippen molar-refractivity contribution in [3.63, 3.8) is 0 Å². The largest absolute Gasteiger partial charge is 0.346 e. The van der Waals surface area contributed by atoms with Crippen LogP contribution < -0.4 is 5.32 Å². The van der Waals surface area contributed by atoms with E-state index in [4.69, 9.17) is 5.10 Å². The summed E-state index contributed by atoms with van der Waals surface area (Å²) in [7, 11) is 0. The zero-order chi connectivity index (χ0) is 21.2. The van der Waals surface area contributed by atoms with E-state index in [1.54, 1.807) is 18.6 Å². The van der Waals surface area contributed by atoms with Crippen LogP contribution >= 0.6 is 0 Å². The summed E-state index contributed by atoms with van der Waals surface area (Å²) in [5, 5.41) is 7.75. The van der Waals surface area contributed by atoms with Crippen molar-refractivity contribution in [3.05, 3.63) is 102 Å². The smallest absolute Gasteiger partial charge is 0.271 e. The Labute approximate surface area is 179 Å². The Morgan fingerprint density at radius 3 is 2.55 bits per heavy atom. The minimum absolute atomic E-state index is 0.226. The maximum atomic E-state index is 12.8. The monoisotopic (exact) mass is 408 g/mol. The molecule has 0 aliphatic rings. The molecule has 5 aromatic rings. The summed E-state index contributed by atoms with van der Waals surface area (Å²) in [4.78, 5) is 21.3. The zero-order valence-electron chi connectivity index (χ0n) is 16.9. The lowest BCUT2D eigenvalue weighted by Gasteiger charge is -2.04. The summed E-state index contributed by atoms with van der Waals surface area (Å²) < 4.78 is 3.73. The van der Waals surface area contributed by atoms with Crippen molar-refractivity contribution in [2.75, 3.05) is 0 Å². The number of hydrogen-bond acceptors (Lipinski definition) is 4. The summed E-state index contributed by atoms with van der Waals surface area (Å²) in [6, 6.07) is 19.5. The number of rotatable bonds is 5. The average molecular weight is 408 g/mol. The quantitative estimate of drug-likeness (QED) is 0.480. The lowest BCUT2D eigenvalue weighted by molar-refractivity contribution is 0.0946. The fourth-order valence-corrected chi connectivity index (χ4v) is 3.53. The molecule has 1 aromatic carbocycles. The van der Waals surface area contributed by atoms with Gasteiger partial charge in [-0.25, -0.2) is 9.67 Å². The van der Waals surface area contributed by atoms with E-state index >= 15 is 0 Å². The summed E-state index contributed by atoms with van der Waals surface area (Å²) >= 11 is 0. The number of carbonyl (C=O) groups is 1. The molecule has 0 atom stereocenters. The molecule has 0 spiro atoms. The number of para-hydroxylation sites is 1. The Morgan fingerprint density at radius 1 is 0.968 bits per heavy atom. The Balaban J connectivity index is 1.44. The number of carbonyl (C=O) groups excluding carboxylic acids is 1. The van der Waals surface area contributed by atoms with E-state index in [-0.39, 0.29) is 5.91 Å². The fourth-order valence-electron chi connectivity index (χ4n) is 3.53. The standard InChI is InChI=1S/C24H20N6O/c1-17-6-5-9-22-27-21(16-29(17)22)24(31)26-14-19-15-30(20-7-3-2-4-8-20)28-23(19)18-10-12-25-13-11-18/h2-13,15-16H,14H2,1H3,(H,26,31). The molecule has 4 aromatic heterocycles. The Morgan fingerprint density at radius 2 is 1.77 bits per heavy atom. The maximum Gasteiger partial charge on any atom is 0.271 e. The van der Waals surface area contributed by atoms with E-state index in [1.165, 1.54) is 0 Å². The van der Waals surface area contributed by atoms with E-state index in [9.17, 15) is 4.79 Å². The molecule has 31 heavy (non-hydrogen) atoms. The van der Waals surface area contributed by atoms with Crippen LogP contribution in [0.5, 0.6) is 0 Å². The lowest BCUT2D eigenvalue weighted by atomic mass is 10.1. The molecule has 4 heterocycles. The Kier molecular flexibility index (Phi) is 4.76. The number of pyridine rings is 2. The average Bonchev–Trinajstić information content (AvgIpc) is 3.44. The second kappa shape index (κ2) is 7.87. The number of aryl methyl sites for hydroxylation is 1. The first-order valence-corrected chi connectivity index (χ1v) is 9.96. The van der Waals surface area contributed by atoms with Crippen molar-refractivity contribution in [2.45, 2.75) is 13.5 Å². The van der Waals surface area contributed by atoms with E-state index in [1.807, 2.05) is 82.9 Å². The van der Waals surface area contributed by atoms with Crippen LogP contribution in [0.1, 0.15) is 21.7 Å². The Bertz CT molecular complexity index is 1360. The highest BCUT2D eigenvalue weighted by Gasteiger charge is 2.16. The van der Waals surface area contributed by atoms with Crippen LogP contribution in [0.4, 0.5) is 0 Å². The second-order valence-electron chi connectivity index (χ2n) is 7.22. The molecule has 7 heteroatoms. The molecular weight excluding hydrogens is 388 g/mol. The molecule has 5 rings (SSSR count). The molecule has 7 nitrogen and oxygen atoms in total. The van der Waals surface area contributed by atoms with Gasteiger partial charge in [0.2, 0.25) is 0 Å². The molecule has 0 saturated heterocycles. The molecule has 1 amide bonds. The lowest BCUT2D eigenvalue weighted by Crippen LogP contribution is -2.23. The van der Waals surface area contributed by atoms with Crippen molar-refractivity contribution < 1.29 is 4.79 Å². The van der Waals surface area contributed by atoms with Gasteiger partial charge < -0.3 is 9.72 Å². The van der Waals surface area contributed by atoms with Gasteiger partial charge in [-0.2, -0.15) is 5.10 Å². The summed E-state index contributed by atoms with van der Waals surface area (Å²) in [5.41, 5.74) is 5.76. The second-order valence-corrected chi connectivity index (χ2v) is 7.22. The van der Waals surface area contributed by atoms with Crippen molar-refractivity contribution >= 4 is 11.6 Å². The van der Waals surface area contributed by atoms with Crippen LogP contribution in [0, 0.1) is 6.92 Å². The maximum absolute atomic E-state index is 12.8. The fraction of sp³-hybridized carbons (Fsp3) is 0.0833. The van der Waals surface area contributed by atoms with Gasteiger partial charge in [0, 0.05) is 48.2 Å². The number of fused-ring (bicyclic) bond motifs is 1. The van der Waals surface area contributed by atoms with Crippen LogP contribution in [0.2, 0.25) is 0 Å². The van der Waals surface area contributed by atoms with E-state index < -0.39 is 0 Å². The third kappa shape index (κ3) is 3.69. The predicted molar refractivity (Wildman–Crippen MR) is 118 cm³/mol. The van der Waals surface area contributed by atoms with Crippen molar-refractivity contribution in [3.8, 4) is 16.9 Å². The van der Waals surface area contributed by atoms with Crippen LogP contribution in [0.3, 0.4) is 0 Å². The molecule has 0 aliphatic heterocycles. The minimum atomic E-state index is -0.226. The number of nitrogens with one attached hydrogen (secondary N) is 1. The van der Waals surface area contributed by atoms with Gasteiger partial charge in [-0.3, -0.25) is 9.78 Å².